The Morgan fingerprint density at radius 1 is 1.00 bits per heavy atom. The molecule has 3 aromatic rings. The summed E-state index contributed by atoms with van der Waals surface area (Å²) in [5, 5.41) is 13.0. The van der Waals surface area contributed by atoms with Crippen LogP contribution in [0.3, 0.4) is 0 Å². The highest BCUT2D eigenvalue weighted by Crippen LogP contribution is 2.22. The van der Waals surface area contributed by atoms with Crippen molar-refractivity contribution in [3.8, 4) is 11.3 Å². The van der Waals surface area contributed by atoms with E-state index in [1.807, 2.05) is 0 Å². The minimum absolute atomic E-state index is 0.0540. The van der Waals surface area contributed by atoms with Gasteiger partial charge in [0, 0.05) is 16.7 Å². The standard InChI is InChI=1S/C22H18N2O5/c1-3-29-22(27)20-19(16-11-9-15(10-12-16)14(2)25)23-13-18(24(20)28)21(26)17-7-5-4-6-8-17/h4-13H,3H2,1-2H3. The van der Waals surface area contributed by atoms with Crippen LogP contribution in [0, 0.1) is 5.21 Å². The third-order valence-corrected chi connectivity index (χ3v) is 4.26. The van der Waals surface area contributed by atoms with Crippen LogP contribution in [-0.2, 0) is 4.74 Å². The maximum Gasteiger partial charge on any atom is 0.407 e. The van der Waals surface area contributed by atoms with Crippen molar-refractivity contribution in [2.45, 2.75) is 13.8 Å². The quantitative estimate of drug-likeness (QED) is 0.278. The summed E-state index contributed by atoms with van der Waals surface area (Å²) in [5.74, 6) is -1.56. The molecule has 0 unspecified atom stereocenters. The number of ether oxygens (including phenoxy) is 1. The molecule has 146 valence electrons. The molecule has 0 N–H and O–H groups in total. The van der Waals surface area contributed by atoms with Gasteiger partial charge in [-0.2, -0.15) is 4.73 Å². The molecule has 29 heavy (non-hydrogen) atoms. The lowest BCUT2D eigenvalue weighted by atomic mass is 10.0. The van der Waals surface area contributed by atoms with Gasteiger partial charge in [-0.3, -0.25) is 9.59 Å². The van der Waals surface area contributed by atoms with Crippen LogP contribution in [0.4, 0.5) is 0 Å². The highest BCUT2D eigenvalue weighted by atomic mass is 16.5. The van der Waals surface area contributed by atoms with E-state index in [1.54, 1.807) is 61.5 Å². The number of benzene rings is 2. The topological polar surface area (TPSA) is 100 Å². The average Bonchev–Trinajstić information content (AvgIpc) is 2.73. The monoisotopic (exact) mass is 390 g/mol. The van der Waals surface area contributed by atoms with Crippen LogP contribution in [0.1, 0.15) is 50.7 Å². The van der Waals surface area contributed by atoms with Gasteiger partial charge in [0.2, 0.25) is 0 Å². The molecule has 1 heterocycles. The SMILES string of the molecule is CCOC(=O)c1c(-c2ccc(C(C)=O)cc2)ncc(C(=O)c2ccccc2)[n+]1[O-]. The van der Waals surface area contributed by atoms with Crippen LogP contribution in [0.15, 0.2) is 60.8 Å². The van der Waals surface area contributed by atoms with Gasteiger partial charge in [0.05, 0.1) is 6.61 Å². The average molecular weight is 390 g/mol. The van der Waals surface area contributed by atoms with Crippen molar-refractivity contribution in [1.82, 2.24) is 4.98 Å². The molecule has 0 saturated heterocycles. The van der Waals surface area contributed by atoms with Crippen LogP contribution >= 0.6 is 0 Å². The van der Waals surface area contributed by atoms with E-state index >= 15 is 0 Å². The van der Waals surface area contributed by atoms with Crippen molar-refractivity contribution in [1.29, 1.82) is 0 Å². The van der Waals surface area contributed by atoms with Crippen molar-refractivity contribution in [2.24, 2.45) is 0 Å². The molecule has 0 bridgehead atoms. The Hall–Kier alpha value is -3.87. The van der Waals surface area contributed by atoms with E-state index in [-0.39, 0.29) is 34.2 Å². The Labute approximate surface area is 167 Å². The van der Waals surface area contributed by atoms with E-state index in [0.717, 1.165) is 6.20 Å². The summed E-state index contributed by atoms with van der Waals surface area (Å²) in [6.45, 7) is 3.10. The first-order chi connectivity index (χ1) is 13.9. The molecule has 0 atom stereocenters. The number of aromatic nitrogens is 2. The van der Waals surface area contributed by atoms with Crippen molar-refractivity contribution in [3.63, 3.8) is 0 Å². The molecule has 7 nitrogen and oxygen atoms in total. The lowest BCUT2D eigenvalue weighted by Crippen LogP contribution is -2.43. The predicted octanol–water partition coefficient (Wildman–Crippen LogP) is 2.99. The van der Waals surface area contributed by atoms with Crippen molar-refractivity contribution < 1.29 is 23.9 Å². The number of nitrogens with zero attached hydrogens (tertiary/aromatic N) is 2. The maximum atomic E-state index is 13.0. The Morgan fingerprint density at radius 2 is 1.66 bits per heavy atom. The van der Waals surface area contributed by atoms with Gasteiger partial charge >= 0.3 is 11.7 Å². The minimum atomic E-state index is -0.886. The third kappa shape index (κ3) is 4.03. The van der Waals surface area contributed by atoms with Crippen LogP contribution in [0.25, 0.3) is 11.3 Å². The smallest absolute Gasteiger partial charge is 0.407 e. The summed E-state index contributed by atoms with van der Waals surface area (Å²) in [5.41, 5.74) is 0.622. The molecule has 0 radical (unpaired) electrons. The van der Waals surface area contributed by atoms with E-state index < -0.39 is 11.8 Å². The molecule has 1 aromatic heterocycles. The normalized spacial score (nSPS) is 10.4. The summed E-state index contributed by atoms with van der Waals surface area (Å²) >= 11 is 0. The van der Waals surface area contributed by atoms with Crippen LogP contribution in [-0.4, -0.2) is 29.1 Å². The Kier molecular flexibility index (Phi) is 5.78. The summed E-state index contributed by atoms with van der Waals surface area (Å²) < 4.78 is 5.27. The van der Waals surface area contributed by atoms with E-state index in [2.05, 4.69) is 4.98 Å². The molecule has 0 aliphatic carbocycles. The largest absolute Gasteiger partial charge is 0.617 e. The summed E-state index contributed by atoms with van der Waals surface area (Å²) in [6, 6.07) is 14.6. The number of carbonyl (C=O) groups excluding carboxylic acids is 3. The van der Waals surface area contributed by atoms with Gasteiger partial charge in [0.25, 0.3) is 11.5 Å². The highest BCUT2D eigenvalue weighted by Gasteiger charge is 2.31. The molecule has 0 aliphatic heterocycles. The Morgan fingerprint density at radius 3 is 2.24 bits per heavy atom. The number of esters is 1. The third-order valence-electron chi connectivity index (χ3n) is 4.26. The first-order valence-corrected chi connectivity index (χ1v) is 8.94. The fourth-order valence-electron chi connectivity index (χ4n) is 2.80. The number of rotatable bonds is 6. The number of hydrogen-bond acceptors (Lipinski definition) is 6. The molecular weight excluding hydrogens is 372 g/mol. The second-order valence-electron chi connectivity index (χ2n) is 6.18. The van der Waals surface area contributed by atoms with Crippen LogP contribution in [0.5, 0.6) is 0 Å². The number of hydrogen-bond donors (Lipinski definition) is 0. The first-order valence-electron chi connectivity index (χ1n) is 8.94. The van der Waals surface area contributed by atoms with Crippen molar-refractivity contribution in [2.75, 3.05) is 6.61 Å². The lowest BCUT2D eigenvalue weighted by molar-refractivity contribution is -0.610. The zero-order valence-electron chi connectivity index (χ0n) is 15.9. The van der Waals surface area contributed by atoms with Gasteiger partial charge in [-0.05, 0) is 13.8 Å². The molecule has 7 heteroatoms. The molecule has 3 rings (SSSR count). The highest BCUT2D eigenvalue weighted by molar-refractivity contribution is 6.07. The van der Waals surface area contributed by atoms with Crippen LogP contribution in [0.2, 0.25) is 0 Å². The zero-order valence-corrected chi connectivity index (χ0v) is 15.9. The van der Waals surface area contributed by atoms with Gasteiger partial charge in [-0.15, -0.1) is 0 Å². The second kappa shape index (κ2) is 8.43. The fourth-order valence-corrected chi connectivity index (χ4v) is 2.80. The fraction of sp³-hybridized carbons (Fsp3) is 0.136. The molecule has 0 saturated carbocycles. The molecular formula is C22H18N2O5. The molecule has 0 spiro atoms. The zero-order chi connectivity index (χ0) is 21.0. The molecule has 0 fully saturated rings. The number of carbonyl (C=O) groups is 3. The summed E-state index contributed by atoms with van der Waals surface area (Å²) in [4.78, 5) is 40.9. The van der Waals surface area contributed by atoms with Gasteiger partial charge < -0.3 is 9.94 Å². The van der Waals surface area contributed by atoms with E-state index in [4.69, 9.17) is 4.74 Å². The summed E-state index contributed by atoms with van der Waals surface area (Å²) in [6.07, 6.45) is 1.14. The number of Topliss-reactive ketones (excluding diaryl/α,β-unsaturated/α-hetero) is 1. The predicted molar refractivity (Wildman–Crippen MR) is 104 cm³/mol. The van der Waals surface area contributed by atoms with E-state index in [9.17, 15) is 19.6 Å². The van der Waals surface area contributed by atoms with Gasteiger partial charge in [-0.25, -0.2) is 9.78 Å². The van der Waals surface area contributed by atoms with E-state index in [1.165, 1.54) is 6.92 Å². The Bertz CT molecular complexity index is 1080. The molecule has 0 aliphatic rings. The van der Waals surface area contributed by atoms with E-state index in [0.29, 0.717) is 16.7 Å². The van der Waals surface area contributed by atoms with Crippen LogP contribution < -0.4 is 4.73 Å². The van der Waals surface area contributed by atoms with Crippen molar-refractivity contribution in [3.05, 3.63) is 88.5 Å². The summed E-state index contributed by atoms with van der Waals surface area (Å²) in [7, 11) is 0. The number of ketones is 2. The van der Waals surface area contributed by atoms with Crippen molar-refractivity contribution >= 4 is 17.5 Å². The second-order valence-corrected chi connectivity index (χ2v) is 6.18. The Balaban J connectivity index is 2.14. The van der Waals surface area contributed by atoms with Gasteiger partial charge in [0.1, 0.15) is 6.20 Å². The molecule has 2 aromatic carbocycles. The lowest BCUT2D eigenvalue weighted by Gasteiger charge is -2.12. The molecule has 0 amide bonds. The minimum Gasteiger partial charge on any atom is -0.617 e. The first kappa shape index (κ1) is 19.9. The van der Waals surface area contributed by atoms with Gasteiger partial charge in [-0.1, -0.05) is 54.6 Å². The maximum absolute atomic E-state index is 13.0. The van der Waals surface area contributed by atoms with Gasteiger partial charge in [0.15, 0.2) is 11.5 Å².